The van der Waals surface area contributed by atoms with E-state index in [9.17, 15) is 9.90 Å². The molecule has 0 aromatic carbocycles. The lowest BCUT2D eigenvalue weighted by Gasteiger charge is -2.41. The number of hydrogen-bond acceptors (Lipinski definition) is 5. The van der Waals surface area contributed by atoms with Crippen molar-refractivity contribution in [1.82, 2.24) is 0 Å². The minimum absolute atomic E-state index is 0.00650. The van der Waals surface area contributed by atoms with Gasteiger partial charge in [-0.15, -0.1) is 0 Å². The molecule has 0 aromatic heterocycles. The van der Waals surface area contributed by atoms with Gasteiger partial charge in [-0.3, -0.25) is 4.79 Å². The number of ether oxygens (including phenoxy) is 2. The van der Waals surface area contributed by atoms with E-state index < -0.39 is 20.4 Å². The highest BCUT2D eigenvalue weighted by molar-refractivity contribution is 6.74. The van der Waals surface area contributed by atoms with Gasteiger partial charge in [0.2, 0.25) is 0 Å². The van der Waals surface area contributed by atoms with Crippen molar-refractivity contribution in [2.45, 2.75) is 161 Å². The summed E-state index contributed by atoms with van der Waals surface area (Å²) in [7, 11) is -1.92. The maximum atomic E-state index is 11.2. The fourth-order valence-electron chi connectivity index (χ4n) is 5.88. The van der Waals surface area contributed by atoms with Crippen molar-refractivity contribution >= 4 is 14.3 Å². The maximum absolute atomic E-state index is 11.2. The Morgan fingerprint density at radius 1 is 1.13 bits per heavy atom. The molecule has 2 N–H and O–H groups in total. The molecule has 0 spiro atoms. The van der Waals surface area contributed by atoms with E-state index in [1.54, 1.807) is 0 Å². The van der Waals surface area contributed by atoms with Gasteiger partial charge in [0.1, 0.15) is 0 Å². The van der Waals surface area contributed by atoms with Crippen LogP contribution in [-0.4, -0.2) is 55.7 Å². The van der Waals surface area contributed by atoms with Crippen LogP contribution in [0.5, 0.6) is 0 Å². The average molecular weight is 569 g/mol. The van der Waals surface area contributed by atoms with Crippen LogP contribution in [0.25, 0.3) is 0 Å². The third-order valence-electron chi connectivity index (χ3n) is 9.48. The molecule has 2 fully saturated rings. The van der Waals surface area contributed by atoms with E-state index in [4.69, 9.17) is 19.0 Å². The molecule has 6 nitrogen and oxygen atoms in total. The first kappa shape index (κ1) is 34.5. The minimum atomic E-state index is -1.92. The van der Waals surface area contributed by atoms with Crippen LogP contribution in [-0.2, 0) is 18.7 Å². The van der Waals surface area contributed by atoms with Crippen LogP contribution >= 0.6 is 0 Å². The summed E-state index contributed by atoms with van der Waals surface area (Å²) in [5.74, 6) is 0.133. The Balaban J connectivity index is 2.15. The number of unbranched alkanes of at least 4 members (excludes halogenated alkanes) is 2. The minimum Gasteiger partial charge on any atom is -0.481 e. The van der Waals surface area contributed by atoms with Crippen LogP contribution in [0.3, 0.4) is 0 Å². The molecular formula is C32H60O6Si. The van der Waals surface area contributed by atoms with E-state index in [0.717, 1.165) is 51.6 Å². The number of rotatable bonds is 17. The predicted octanol–water partition coefficient (Wildman–Crippen LogP) is 8.09. The van der Waals surface area contributed by atoms with Gasteiger partial charge in [0.15, 0.2) is 14.6 Å². The van der Waals surface area contributed by atoms with E-state index in [1.807, 2.05) is 0 Å². The number of allylic oxidation sites excluding steroid dienone is 2. The highest BCUT2D eigenvalue weighted by Gasteiger charge is 2.45. The third-order valence-corrected chi connectivity index (χ3v) is 14.0. The van der Waals surface area contributed by atoms with Gasteiger partial charge in [-0.2, -0.15) is 0 Å². The number of hydrogen-bond donors (Lipinski definition) is 2. The summed E-state index contributed by atoms with van der Waals surface area (Å²) < 4.78 is 19.5. The number of carboxylic acids is 1. The Hall–Kier alpha value is -0.733. The van der Waals surface area contributed by atoms with Crippen molar-refractivity contribution in [3.8, 4) is 0 Å². The summed E-state index contributed by atoms with van der Waals surface area (Å²) in [4.78, 5) is 10.8. The molecule has 228 valence electrons. The number of aliphatic carboxylic acids is 1. The summed E-state index contributed by atoms with van der Waals surface area (Å²) >= 11 is 0. The Kier molecular flexibility index (Phi) is 14.7. The van der Waals surface area contributed by atoms with Crippen molar-refractivity contribution < 1.29 is 28.9 Å². The van der Waals surface area contributed by atoms with Crippen LogP contribution < -0.4 is 0 Å². The van der Waals surface area contributed by atoms with E-state index in [0.29, 0.717) is 18.8 Å². The largest absolute Gasteiger partial charge is 0.481 e. The Morgan fingerprint density at radius 2 is 1.87 bits per heavy atom. The Morgan fingerprint density at radius 3 is 2.49 bits per heavy atom. The molecule has 1 aliphatic heterocycles. The SMILES string of the molecule is CCCCC(C)C(CC[C@H]1C(OC2CCCCO2)C[C@H](O)[C@@H]1C/C=C\CCCC(=O)O)O[Si](C)(C)C(C)(C)C. The highest BCUT2D eigenvalue weighted by Crippen LogP contribution is 2.43. The van der Waals surface area contributed by atoms with Gasteiger partial charge < -0.3 is 24.1 Å². The zero-order chi connectivity index (χ0) is 29.1. The molecule has 39 heavy (non-hydrogen) atoms. The molecule has 1 saturated carbocycles. The molecule has 7 atom stereocenters. The van der Waals surface area contributed by atoms with Gasteiger partial charge in [-0.05, 0) is 93.7 Å². The van der Waals surface area contributed by atoms with Crippen LogP contribution in [0.2, 0.25) is 18.1 Å². The van der Waals surface area contributed by atoms with E-state index in [-0.39, 0.29) is 41.8 Å². The molecule has 0 amide bonds. The van der Waals surface area contributed by atoms with Gasteiger partial charge in [0.05, 0.1) is 12.2 Å². The van der Waals surface area contributed by atoms with E-state index in [1.165, 1.54) is 19.3 Å². The lowest BCUT2D eigenvalue weighted by Crippen LogP contribution is -2.45. The number of aliphatic hydroxyl groups is 1. The van der Waals surface area contributed by atoms with Gasteiger partial charge >= 0.3 is 5.97 Å². The molecule has 0 bridgehead atoms. The van der Waals surface area contributed by atoms with Crippen LogP contribution in [0.15, 0.2) is 12.2 Å². The molecule has 0 radical (unpaired) electrons. The van der Waals surface area contributed by atoms with Crippen LogP contribution in [0.1, 0.15) is 118 Å². The smallest absolute Gasteiger partial charge is 0.303 e. The second-order valence-corrected chi connectivity index (χ2v) is 18.5. The second kappa shape index (κ2) is 16.6. The van der Waals surface area contributed by atoms with Crippen molar-refractivity contribution in [2.24, 2.45) is 17.8 Å². The molecule has 1 heterocycles. The van der Waals surface area contributed by atoms with Crippen LogP contribution in [0, 0.1) is 17.8 Å². The lowest BCUT2D eigenvalue weighted by molar-refractivity contribution is -0.196. The van der Waals surface area contributed by atoms with Gasteiger partial charge in [-0.25, -0.2) is 0 Å². The molecule has 4 unspecified atom stereocenters. The first-order valence-electron chi connectivity index (χ1n) is 15.9. The van der Waals surface area contributed by atoms with Crippen LogP contribution in [0.4, 0.5) is 0 Å². The Bertz CT molecular complexity index is 727. The summed E-state index contributed by atoms with van der Waals surface area (Å²) in [5, 5.41) is 20.2. The molecule has 0 aromatic rings. The first-order chi connectivity index (χ1) is 18.4. The molecule has 2 rings (SSSR count). The van der Waals surface area contributed by atoms with Gasteiger partial charge in [0, 0.05) is 25.6 Å². The monoisotopic (exact) mass is 568 g/mol. The van der Waals surface area contributed by atoms with Gasteiger partial charge in [0.25, 0.3) is 0 Å². The number of carboxylic acid groups (broad SMARTS) is 1. The molecule has 1 saturated heterocycles. The standard InChI is InChI=1S/C32H60O6Si/c1-8-9-16-24(2)28(38-39(6,7)32(3,4)5)21-20-26-25(17-12-10-11-13-18-30(34)35)27(33)23-29(26)37-31-19-14-15-22-36-31/h10,12,24-29,31,33H,8-9,11,13-23H2,1-7H3,(H,34,35)/b12-10-/t24?,25-,26-,27+,28?,29?,31?/m1/s1. The Labute approximate surface area is 240 Å². The number of carbonyl (C=O) groups is 1. The molecule has 7 heteroatoms. The van der Waals surface area contributed by atoms with Gasteiger partial charge in [-0.1, -0.05) is 59.6 Å². The number of aliphatic hydroxyl groups excluding tert-OH is 1. The molecule has 2 aliphatic rings. The summed E-state index contributed by atoms with van der Waals surface area (Å²) in [5.41, 5.74) is 0. The third kappa shape index (κ3) is 11.6. The summed E-state index contributed by atoms with van der Waals surface area (Å²) in [6.07, 6.45) is 15.6. The van der Waals surface area contributed by atoms with Crippen molar-refractivity contribution in [2.75, 3.05) is 6.61 Å². The summed E-state index contributed by atoms with van der Waals surface area (Å²) in [6, 6.07) is 0. The topological polar surface area (TPSA) is 85.2 Å². The van der Waals surface area contributed by atoms with E-state index >= 15 is 0 Å². The second-order valence-electron chi connectivity index (χ2n) is 13.7. The molecular weight excluding hydrogens is 508 g/mol. The van der Waals surface area contributed by atoms with Crippen molar-refractivity contribution in [1.29, 1.82) is 0 Å². The zero-order valence-electron chi connectivity index (χ0n) is 26.1. The van der Waals surface area contributed by atoms with E-state index in [2.05, 4.69) is 59.9 Å². The predicted molar refractivity (Wildman–Crippen MR) is 161 cm³/mol. The maximum Gasteiger partial charge on any atom is 0.303 e. The zero-order valence-corrected chi connectivity index (χ0v) is 27.1. The lowest BCUT2D eigenvalue weighted by atomic mass is 9.84. The van der Waals surface area contributed by atoms with Crippen molar-refractivity contribution in [3.05, 3.63) is 12.2 Å². The first-order valence-corrected chi connectivity index (χ1v) is 18.8. The fourth-order valence-corrected chi connectivity index (χ4v) is 7.34. The van der Waals surface area contributed by atoms with Crippen molar-refractivity contribution in [3.63, 3.8) is 0 Å². The normalized spacial score (nSPS) is 28.2. The molecule has 1 aliphatic carbocycles. The summed E-state index contributed by atoms with van der Waals surface area (Å²) in [6.45, 7) is 17.0. The average Bonchev–Trinajstić information content (AvgIpc) is 3.15. The quantitative estimate of drug-likeness (QED) is 0.105. The fraction of sp³-hybridized carbons (Fsp3) is 0.906. The highest BCUT2D eigenvalue weighted by atomic mass is 28.4.